The van der Waals surface area contributed by atoms with E-state index in [0.29, 0.717) is 12.8 Å². The number of hydrogen-bond acceptors (Lipinski definition) is 5. The summed E-state index contributed by atoms with van der Waals surface area (Å²) in [5, 5.41) is 0.226. The van der Waals surface area contributed by atoms with Crippen LogP contribution in [-0.4, -0.2) is 56.3 Å². The Morgan fingerprint density at radius 3 is 1.61 bits per heavy atom. The summed E-state index contributed by atoms with van der Waals surface area (Å²) < 4.78 is 26.3. The Morgan fingerprint density at radius 2 is 1.14 bits per heavy atom. The van der Waals surface area contributed by atoms with E-state index in [1.165, 1.54) is 26.4 Å². The molecule has 0 saturated carbocycles. The van der Waals surface area contributed by atoms with Crippen molar-refractivity contribution in [2.45, 2.75) is 187 Å². The zero-order valence-corrected chi connectivity index (χ0v) is 37.8. The molecule has 1 aromatic rings. The molecule has 0 radical (unpaired) electrons. The smallest absolute Gasteiger partial charge is 0.305 e. The molecule has 0 bridgehead atoms. The second-order valence-corrected chi connectivity index (χ2v) is 32.8. The van der Waals surface area contributed by atoms with Gasteiger partial charge in [-0.15, -0.1) is 0 Å². The zero-order chi connectivity index (χ0) is 37.9. The molecule has 1 aromatic carbocycles. The Labute approximate surface area is 306 Å². The van der Waals surface area contributed by atoms with Gasteiger partial charge in [-0.05, 0) is 84.8 Å². The van der Waals surface area contributed by atoms with Gasteiger partial charge in [-0.2, -0.15) is 0 Å². The van der Waals surface area contributed by atoms with Crippen LogP contribution in [0.25, 0.3) is 12.2 Å². The quantitative estimate of drug-likeness (QED) is 0.0805. The second kappa shape index (κ2) is 19.0. The Bertz CT molecular complexity index is 1200. The van der Waals surface area contributed by atoms with Gasteiger partial charge in [-0.1, -0.05) is 137 Å². The molecular weight excluding hydrogens is 657 g/mol. The lowest BCUT2D eigenvalue weighted by Gasteiger charge is -2.44. The molecule has 3 atom stereocenters. The van der Waals surface area contributed by atoms with Crippen molar-refractivity contribution in [3.63, 3.8) is 0 Å². The summed E-state index contributed by atoms with van der Waals surface area (Å²) in [6.07, 6.45) is 15.1. The Morgan fingerprint density at radius 1 is 0.673 bits per heavy atom. The molecule has 0 aliphatic carbocycles. The Hall–Kier alpha value is -1.30. The highest BCUT2D eigenvalue weighted by Crippen LogP contribution is 2.42. The van der Waals surface area contributed by atoms with Crippen molar-refractivity contribution in [1.82, 2.24) is 0 Å². The first-order chi connectivity index (χ1) is 22.3. The maximum Gasteiger partial charge on any atom is 0.305 e. The van der Waals surface area contributed by atoms with Crippen LogP contribution in [0, 0.1) is 0 Å². The van der Waals surface area contributed by atoms with Crippen LogP contribution >= 0.6 is 0 Å². The number of carbonyl (C=O) groups excluding carboxylic acids is 1. The van der Waals surface area contributed by atoms with Gasteiger partial charge in [0.1, 0.15) is 0 Å². The number of esters is 1. The zero-order valence-electron chi connectivity index (χ0n) is 34.8. The molecule has 49 heavy (non-hydrogen) atoms. The summed E-state index contributed by atoms with van der Waals surface area (Å²) >= 11 is 0. The maximum atomic E-state index is 12.1. The van der Waals surface area contributed by atoms with E-state index in [2.05, 4.69) is 157 Å². The molecule has 0 spiro atoms. The van der Waals surface area contributed by atoms with Crippen LogP contribution in [0.1, 0.15) is 125 Å². The van der Waals surface area contributed by atoms with Crippen LogP contribution in [0.5, 0.6) is 0 Å². The van der Waals surface area contributed by atoms with Crippen LogP contribution < -0.4 is 0 Å². The third-order valence-electron chi connectivity index (χ3n) is 11.2. The van der Waals surface area contributed by atoms with Gasteiger partial charge >= 0.3 is 5.97 Å². The van der Waals surface area contributed by atoms with Gasteiger partial charge in [0.2, 0.25) is 0 Å². The van der Waals surface area contributed by atoms with Gasteiger partial charge in [0.15, 0.2) is 25.0 Å². The number of ether oxygens (including phenoxy) is 1. The first kappa shape index (κ1) is 45.7. The standard InChI is InChI=1S/C41H76O5Si3/c1-18-19-20-26-35(44-47(12,13)39(2,3)4)31-29-33-24-21-22-25-34(33)30-32-37(46-49(16,17)41(8,9)10)36(27-23-28-38(42)43-11)45-48(14,15)40(5,6)7/h21-22,24-25,29-32,35-37H,18-20,23,26-28H2,1-17H3/b31-29+,32-30+/t35-,36+,37-/m1/s1. The van der Waals surface area contributed by atoms with E-state index >= 15 is 0 Å². The summed E-state index contributed by atoms with van der Waals surface area (Å²) in [5.41, 5.74) is 2.31. The minimum Gasteiger partial charge on any atom is -0.469 e. The highest BCUT2D eigenvalue weighted by molar-refractivity contribution is 6.75. The molecule has 0 heterocycles. The highest BCUT2D eigenvalue weighted by Gasteiger charge is 2.44. The minimum atomic E-state index is -2.19. The van der Waals surface area contributed by atoms with Crippen LogP contribution in [0.4, 0.5) is 0 Å². The van der Waals surface area contributed by atoms with Gasteiger partial charge in [0.05, 0.1) is 25.4 Å². The van der Waals surface area contributed by atoms with Crippen molar-refractivity contribution in [2.24, 2.45) is 0 Å². The maximum absolute atomic E-state index is 12.1. The SMILES string of the molecule is CCCCC[C@H](/C=C/c1ccccc1/C=C/[C@@H](O[Si](C)(C)C(C)(C)C)[C@H](CCCC(=O)OC)O[Si](C)(C)C(C)(C)C)O[Si](C)(C)C(C)(C)C. The van der Waals surface area contributed by atoms with Crippen molar-refractivity contribution < 1.29 is 22.8 Å². The van der Waals surface area contributed by atoms with Crippen molar-refractivity contribution >= 4 is 43.1 Å². The normalized spacial score (nSPS) is 15.9. The molecule has 5 nitrogen and oxygen atoms in total. The summed E-state index contributed by atoms with van der Waals surface area (Å²) in [6, 6.07) is 8.58. The largest absolute Gasteiger partial charge is 0.469 e. The van der Waals surface area contributed by atoms with Gasteiger partial charge < -0.3 is 18.0 Å². The Balaban J connectivity index is 3.65. The molecule has 0 aliphatic heterocycles. The molecule has 0 amide bonds. The van der Waals surface area contributed by atoms with E-state index in [-0.39, 0.29) is 39.4 Å². The highest BCUT2D eigenvalue weighted by atomic mass is 28.4. The molecule has 0 fully saturated rings. The number of rotatable bonds is 19. The first-order valence-electron chi connectivity index (χ1n) is 18.8. The van der Waals surface area contributed by atoms with Crippen molar-refractivity contribution in [3.05, 3.63) is 47.5 Å². The van der Waals surface area contributed by atoms with Crippen LogP contribution in [0.3, 0.4) is 0 Å². The van der Waals surface area contributed by atoms with Crippen molar-refractivity contribution in [1.29, 1.82) is 0 Å². The molecule has 0 saturated heterocycles. The van der Waals surface area contributed by atoms with Gasteiger partial charge in [0.25, 0.3) is 0 Å². The van der Waals surface area contributed by atoms with E-state index in [0.717, 1.165) is 24.0 Å². The molecule has 8 heteroatoms. The summed E-state index contributed by atoms with van der Waals surface area (Å²) in [7, 11) is -4.83. The summed E-state index contributed by atoms with van der Waals surface area (Å²) in [6.45, 7) is 36.8. The molecule has 0 unspecified atom stereocenters. The number of carbonyl (C=O) groups is 1. The van der Waals surface area contributed by atoms with Crippen LogP contribution in [-0.2, 0) is 22.8 Å². The lowest BCUT2D eigenvalue weighted by molar-refractivity contribution is -0.140. The second-order valence-electron chi connectivity index (χ2n) is 18.5. The fraction of sp³-hybridized carbons (Fsp3) is 0.732. The lowest BCUT2D eigenvalue weighted by atomic mass is 10.0. The van der Waals surface area contributed by atoms with E-state index in [9.17, 15) is 4.79 Å². The van der Waals surface area contributed by atoms with Gasteiger partial charge in [-0.3, -0.25) is 4.79 Å². The average molecular weight is 733 g/mol. The first-order valence-corrected chi connectivity index (χ1v) is 27.6. The summed E-state index contributed by atoms with van der Waals surface area (Å²) in [5.74, 6) is -0.185. The molecule has 0 aromatic heterocycles. The third-order valence-corrected chi connectivity index (χ3v) is 24.7. The summed E-state index contributed by atoms with van der Waals surface area (Å²) in [4.78, 5) is 12.1. The topological polar surface area (TPSA) is 54.0 Å². The predicted octanol–water partition coefficient (Wildman–Crippen LogP) is 12.8. The number of hydrogen-bond donors (Lipinski definition) is 0. The lowest BCUT2D eigenvalue weighted by Crippen LogP contribution is -2.51. The van der Waals surface area contributed by atoms with Gasteiger partial charge in [0, 0.05) is 6.42 Å². The Kier molecular flexibility index (Phi) is 17.7. The predicted molar refractivity (Wildman–Crippen MR) is 221 cm³/mol. The van der Waals surface area contributed by atoms with Crippen LogP contribution in [0.2, 0.25) is 54.4 Å². The third kappa shape index (κ3) is 15.1. The molecule has 282 valence electrons. The van der Waals surface area contributed by atoms with Crippen molar-refractivity contribution in [2.75, 3.05) is 7.11 Å². The fourth-order valence-electron chi connectivity index (χ4n) is 4.72. The average Bonchev–Trinajstić information content (AvgIpc) is 2.95. The van der Waals surface area contributed by atoms with E-state index in [4.69, 9.17) is 18.0 Å². The van der Waals surface area contributed by atoms with E-state index < -0.39 is 25.0 Å². The molecule has 1 rings (SSSR count). The molecule has 0 N–H and O–H groups in total. The number of unbranched alkanes of at least 4 members (excludes halogenated alkanes) is 2. The molecular formula is C41H76O5Si3. The van der Waals surface area contributed by atoms with E-state index in [1.54, 1.807) is 0 Å². The number of methoxy groups -OCH3 is 1. The van der Waals surface area contributed by atoms with Crippen molar-refractivity contribution in [3.8, 4) is 0 Å². The minimum absolute atomic E-state index is 0.0320. The monoisotopic (exact) mass is 733 g/mol. The molecule has 0 aliphatic rings. The van der Waals surface area contributed by atoms with E-state index in [1.807, 2.05) is 0 Å². The van der Waals surface area contributed by atoms with Gasteiger partial charge in [-0.25, -0.2) is 0 Å². The fourth-order valence-corrected chi connectivity index (χ4v) is 8.65. The van der Waals surface area contributed by atoms with Crippen LogP contribution in [0.15, 0.2) is 36.4 Å². The number of benzene rings is 1.